The summed E-state index contributed by atoms with van der Waals surface area (Å²) < 4.78 is 0.227. The number of hydrogen-bond donors (Lipinski definition) is 1. The van der Waals surface area contributed by atoms with Crippen LogP contribution in [0.3, 0.4) is 0 Å². The summed E-state index contributed by atoms with van der Waals surface area (Å²) in [5, 5.41) is 2.91. The second kappa shape index (κ2) is 5.56. The molecule has 1 rings (SSSR count). The Morgan fingerprint density at radius 2 is 2.20 bits per heavy atom. The van der Waals surface area contributed by atoms with Crippen LogP contribution in [0.1, 0.15) is 12.8 Å². The number of likely N-dealkylation sites (tertiary alicyclic amines) is 1. The molecule has 0 aromatic heterocycles. The van der Waals surface area contributed by atoms with Crippen LogP contribution in [0.5, 0.6) is 0 Å². The van der Waals surface area contributed by atoms with Gasteiger partial charge in [-0.3, -0.25) is 4.79 Å². The Labute approximate surface area is 96.3 Å². The third-order valence-corrected chi connectivity index (χ3v) is 4.52. The van der Waals surface area contributed by atoms with Gasteiger partial charge in [0, 0.05) is 11.3 Å². The van der Waals surface area contributed by atoms with Crippen LogP contribution in [0.15, 0.2) is 12.7 Å². The molecule has 0 spiro atoms. The van der Waals surface area contributed by atoms with Gasteiger partial charge in [0.05, 0.1) is 0 Å². The molecular formula is C11H20N2OS. The first-order valence-corrected chi connectivity index (χ1v) is 6.48. The van der Waals surface area contributed by atoms with Crippen molar-refractivity contribution >= 4 is 17.7 Å². The summed E-state index contributed by atoms with van der Waals surface area (Å²) >= 11 is 1.87. The van der Waals surface area contributed by atoms with Crippen molar-refractivity contribution in [3.63, 3.8) is 0 Å². The van der Waals surface area contributed by atoms with E-state index < -0.39 is 0 Å². The first-order chi connectivity index (χ1) is 7.12. The molecule has 1 aliphatic heterocycles. The van der Waals surface area contributed by atoms with Gasteiger partial charge in [-0.05, 0) is 45.3 Å². The van der Waals surface area contributed by atoms with E-state index in [1.807, 2.05) is 11.8 Å². The first-order valence-electron chi connectivity index (χ1n) is 5.26. The van der Waals surface area contributed by atoms with Gasteiger partial charge in [0.15, 0.2) is 0 Å². The Bertz CT molecular complexity index is 235. The molecular weight excluding hydrogens is 208 g/mol. The lowest BCUT2D eigenvalue weighted by atomic mass is 9.96. The van der Waals surface area contributed by atoms with Crippen molar-refractivity contribution in [1.29, 1.82) is 0 Å². The van der Waals surface area contributed by atoms with Crippen LogP contribution < -0.4 is 5.32 Å². The summed E-state index contributed by atoms with van der Waals surface area (Å²) in [7, 11) is 2.15. The number of carbonyl (C=O) groups is 1. The quantitative estimate of drug-likeness (QED) is 0.732. The SMILES string of the molecule is C=CC(=O)NCC1(SC)CCN(C)CC1. The van der Waals surface area contributed by atoms with Crippen molar-refractivity contribution in [3.05, 3.63) is 12.7 Å². The Kier molecular flexibility index (Phi) is 4.67. The summed E-state index contributed by atoms with van der Waals surface area (Å²) in [6.45, 7) is 6.45. The standard InChI is InChI=1S/C11H20N2OS/c1-4-10(14)12-9-11(15-3)5-7-13(2)8-6-11/h4H,1,5-9H2,2-3H3,(H,12,14). The smallest absolute Gasteiger partial charge is 0.243 e. The van der Waals surface area contributed by atoms with E-state index in [0.717, 1.165) is 32.5 Å². The van der Waals surface area contributed by atoms with Crippen molar-refractivity contribution in [3.8, 4) is 0 Å². The number of thioether (sulfide) groups is 1. The molecule has 1 saturated heterocycles. The fourth-order valence-corrected chi connectivity index (χ4v) is 2.61. The maximum absolute atomic E-state index is 11.1. The fraction of sp³-hybridized carbons (Fsp3) is 0.727. The minimum Gasteiger partial charge on any atom is -0.351 e. The van der Waals surface area contributed by atoms with E-state index >= 15 is 0 Å². The highest BCUT2D eigenvalue weighted by Crippen LogP contribution is 2.33. The van der Waals surface area contributed by atoms with Gasteiger partial charge in [-0.15, -0.1) is 0 Å². The lowest BCUT2D eigenvalue weighted by molar-refractivity contribution is -0.116. The molecule has 15 heavy (non-hydrogen) atoms. The highest BCUT2D eigenvalue weighted by Gasteiger charge is 2.32. The topological polar surface area (TPSA) is 32.3 Å². The molecule has 3 nitrogen and oxygen atoms in total. The normalized spacial score (nSPS) is 20.9. The molecule has 1 fully saturated rings. The molecule has 0 radical (unpaired) electrons. The Morgan fingerprint density at radius 1 is 1.60 bits per heavy atom. The van der Waals surface area contributed by atoms with Crippen molar-refractivity contribution in [2.75, 3.05) is 32.9 Å². The number of rotatable bonds is 4. The fourth-order valence-electron chi connectivity index (χ4n) is 1.80. The van der Waals surface area contributed by atoms with Gasteiger partial charge >= 0.3 is 0 Å². The van der Waals surface area contributed by atoms with E-state index in [0.29, 0.717) is 0 Å². The van der Waals surface area contributed by atoms with Crippen LogP contribution >= 0.6 is 11.8 Å². The maximum Gasteiger partial charge on any atom is 0.243 e. The van der Waals surface area contributed by atoms with E-state index in [4.69, 9.17) is 0 Å². The predicted octanol–water partition coefficient (Wildman–Crippen LogP) is 1.12. The minimum absolute atomic E-state index is 0.0673. The van der Waals surface area contributed by atoms with Crippen LogP contribution in [0.25, 0.3) is 0 Å². The summed E-state index contributed by atoms with van der Waals surface area (Å²) in [6, 6.07) is 0. The van der Waals surface area contributed by atoms with Crippen LogP contribution in [0, 0.1) is 0 Å². The number of piperidine rings is 1. The molecule has 86 valence electrons. The summed E-state index contributed by atoms with van der Waals surface area (Å²) in [4.78, 5) is 13.5. The number of hydrogen-bond acceptors (Lipinski definition) is 3. The molecule has 1 aliphatic rings. The summed E-state index contributed by atoms with van der Waals surface area (Å²) in [6.07, 6.45) is 5.75. The van der Waals surface area contributed by atoms with Gasteiger partial charge in [-0.1, -0.05) is 6.58 Å². The Morgan fingerprint density at radius 3 is 2.67 bits per heavy atom. The van der Waals surface area contributed by atoms with Gasteiger partial charge in [-0.25, -0.2) is 0 Å². The third kappa shape index (κ3) is 3.54. The lowest BCUT2D eigenvalue weighted by Crippen LogP contribution is -2.47. The number of amides is 1. The zero-order valence-electron chi connectivity index (χ0n) is 9.58. The average Bonchev–Trinajstić information content (AvgIpc) is 2.28. The second-order valence-electron chi connectivity index (χ2n) is 4.11. The van der Waals surface area contributed by atoms with Gasteiger partial charge in [-0.2, -0.15) is 11.8 Å². The average molecular weight is 228 g/mol. The van der Waals surface area contributed by atoms with Gasteiger partial charge in [0.25, 0.3) is 0 Å². The Balaban J connectivity index is 2.46. The molecule has 0 atom stereocenters. The van der Waals surface area contributed by atoms with Crippen molar-refractivity contribution in [2.45, 2.75) is 17.6 Å². The largest absolute Gasteiger partial charge is 0.351 e. The van der Waals surface area contributed by atoms with Crippen LogP contribution in [0.4, 0.5) is 0 Å². The highest BCUT2D eigenvalue weighted by atomic mass is 32.2. The van der Waals surface area contributed by atoms with Gasteiger partial charge < -0.3 is 10.2 Å². The van der Waals surface area contributed by atoms with E-state index in [1.54, 1.807) is 0 Å². The monoisotopic (exact) mass is 228 g/mol. The van der Waals surface area contributed by atoms with Crippen LogP contribution in [-0.4, -0.2) is 48.5 Å². The first kappa shape index (κ1) is 12.6. The zero-order valence-corrected chi connectivity index (χ0v) is 10.4. The molecule has 0 aromatic carbocycles. The van der Waals surface area contributed by atoms with E-state index in [1.165, 1.54) is 6.08 Å². The third-order valence-electron chi connectivity index (χ3n) is 3.10. The number of nitrogens with one attached hydrogen (secondary N) is 1. The maximum atomic E-state index is 11.1. The number of nitrogens with zero attached hydrogens (tertiary/aromatic N) is 1. The van der Waals surface area contributed by atoms with E-state index in [9.17, 15) is 4.79 Å². The summed E-state index contributed by atoms with van der Waals surface area (Å²) in [5.74, 6) is -0.0673. The molecule has 1 heterocycles. The van der Waals surface area contributed by atoms with Crippen LogP contribution in [-0.2, 0) is 4.79 Å². The predicted molar refractivity (Wildman–Crippen MR) is 66.2 cm³/mol. The molecule has 0 aliphatic carbocycles. The summed E-state index contributed by atoms with van der Waals surface area (Å²) in [5.41, 5.74) is 0. The molecule has 1 N–H and O–H groups in total. The minimum atomic E-state index is -0.0673. The second-order valence-corrected chi connectivity index (χ2v) is 5.39. The molecule has 0 saturated carbocycles. The van der Waals surface area contributed by atoms with Gasteiger partial charge in [0.2, 0.25) is 5.91 Å². The zero-order chi connectivity index (χ0) is 11.3. The molecule has 0 unspecified atom stereocenters. The van der Waals surface area contributed by atoms with E-state index in [2.05, 4.69) is 30.1 Å². The molecule has 0 aromatic rings. The number of carbonyl (C=O) groups excluding carboxylic acids is 1. The molecule has 4 heteroatoms. The van der Waals surface area contributed by atoms with Crippen molar-refractivity contribution in [1.82, 2.24) is 10.2 Å². The molecule has 0 bridgehead atoms. The van der Waals surface area contributed by atoms with E-state index in [-0.39, 0.29) is 10.7 Å². The van der Waals surface area contributed by atoms with Crippen molar-refractivity contribution < 1.29 is 4.79 Å². The highest BCUT2D eigenvalue weighted by molar-refractivity contribution is 8.00. The van der Waals surface area contributed by atoms with Crippen LogP contribution in [0.2, 0.25) is 0 Å². The lowest BCUT2D eigenvalue weighted by Gasteiger charge is -2.39. The van der Waals surface area contributed by atoms with Gasteiger partial charge in [0.1, 0.15) is 0 Å². The van der Waals surface area contributed by atoms with Crippen molar-refractivity contribution in [2.24, 2.45) is 0 Å². The molecule has 1 amide bonds. The Hall–Kier alpha value is -0.480.